The molecule has 21 heavy (non-hydrogen) atoms. The van der Waals surface area contributed by atoms with Gasteiger partial charge in [-0.3, -0.25) is 10.5 Å². The molecular weight excluding hydrogens is 268 g/mol. The molecule has 6 nitrogen and oxygen atoms in total. The molecule has 1 aliphatic heterocycles. The summed E-state index contributed by atoms with van der Waals surface area (Å²) < 4.78 is 10.8. The maximum Gasteiger partial charge on any atom is 0.243 e. The third-order valence-electron chi connectivity index (χ3n) is 3.71. The lowest BCUT2D eigenvalue weighted by molar-refractivity contribution is 0.396. The van der Waals surface area contributed by atoms with Crippen molar-refractivity contribution in [3.05, 3.63) is 41.1 Å². The molecule has 0 bridgehead atoms. The van der Waals surface area contributed by atoms with Gasteiger partial charge in [0.15, 0.2) is 0 Å². The first-order valence-corrected chi connectivity index (χ1v) is 6.51. The Balaban J connectivity index is 2.24. The van der Waals surface area contributed by atoms with Crippen LogP contribution in [0.4, 0.5) is 0 Å². The summed E-state index contributed by atoms with van der Waals surface area (Å²) in [7, 11) is 1.59. The van der Waals surface area contributed by atoms with Crippen LogP contribution in [0.25, 0.3) is 0 Å². The first-order valence-electron chi connectivity index (χ1n) is 6.51. The molecule has 2 N–H and O–H groups in total. The van der Waals surface area contributed by atoms with E-state index in [1.165, 1.54) is 0 Å². The van der Waals surface area contributed by atoms with E-state index < -0.39 is 5.92 Å². The minimum atomic E-state index is -0.704. The van der Waals surface area contributed by atoms with Crippen LogP contribution >= 0.6 is 0 Å². The Morgan fingerprint density at radius 1 is 1.43 bits per heavy atom. The Bertz CT molecular complexity index is 744. The first kappa shape index (κ1) is 13.2. The van der Waals surface area contributed by atoms with Crippen molar-refractivity contribution in [3.8, 4) is 17.7 Å². The molecule has 2 heterocycles. The summed E-state index contributed by atoms with van der Waals surface area (Å²) in [5, 5.41) is 24.4. The highest BCUT2D eigenvalue weighted by atomic mass is 16.5. The van der Waals surface area contributed by atoms with Gasteiger partial charge in [-0.2, -0.15) is 5.26 Å². The van der Waals surface area contributed by atoms with Gasteiger partial charge in [0.2, 0.25) is 11.8 Å². The van der Waals surface area contributed by atoms with Crippen molar-refractivity contribution in [3.63, 3.8) is 0 Å². The Morgan fingerprint density at radius 3 is 2.90 bits per heavy atom. The molecular formula is C15H14N4O2. The van der Waals surface area contributed by atoms with Crippen LogP contribution in [0.5, 0.6) is 11.6 Å². The van der Waals surface area contributed by atoms with E-state index in [0.29, 0.717) is 11.6 Å². The number of ether oxygens (including phenoxy) is 2. The van der Waals surface area contributed by atoms with E-state index in [4.69, 9.17) is 14.9 Å². The predicted octanol–water partition coefficient (Wildman–Crippen LogP) is 2.37. The van der Waals surface area contributed by atoms with Gasteiger partial charge in [-0.15, -0.1) is 5.10 Å². The summed E-state index contributed by atoms with van der Waals surface area (Å²) >= 11 is 0. The topological polar surface area (TPSA) is 94.8 Å². The fourth-order valence-corrected chi connectivity index (χ4v) is 2.74. The van der Waals surface area contributed by atoms with Crippen LogP contribution in [-0.2, 0) is 0 Å². The van der Waals surface area contributed by atoms with E-state index in [2.05, 4.69) is 16.3 Å². The summed E-state index contributed by atoms with van der Waals surface area (Å²) in [6.45, 7) is 1.88. The van der Waals surface area contributed by atoms with Crippen LogP contribution < -0.4 is 9.47 Å². The maximum atomic E-state index is 9.47. The van der Waals surface area contributed by atoms with Crippen LogP contribution in [0.1, 0.15) is 22.7 Å². The second-order valence-corrected chi connectivity index (χ2v) is 4.86. The average Bonchev–Trinajstić information content (AvgIpc) is 2.86. The van der Waals surface area contributed by atoms with Gasteiger partial charge in [-0.25, -0.2) is 0 Å². The zero-order valence-electron chi connectivity index (χ0n) is 11.7. The van der Waals surface area contributed by atoms with Gasteiger partial charge in [0, 0.05) is 22.7 Å². The number of benzene rings is 1. The van der Waals surface area contributed by atoms with Crippen LogP contribution in [0.3, 0.4) is 0 Å². The minimum Gasteiger partial charge on any atom is -0.496 e. The van der Waals surface area contributed by atoms with E-state index in [1.54, 1.807) is 7.11 Å². The van der Waals surface area contributed by atoms with Crippen molar-refractivity contribution >= 4 is 5.90 Å². The molecule has 0 radical (unpaired) electrons. The molecule has 0 amide bonds. The highest BCUT2D eigenvalue weighted by Crippen LogP contribution is 2.45. The second-order valence-electron chi connectivity index (χ2n) is 4.86. The van der Waals surface area contributed by atoms with E-state index in [1.807, 2.05) is 31.2 Å². The average molecular weight is 282 g/mol. The van der Waals surface area contributed by atoms with Crippen LogP contribution in [0.15, 0.2) is 24.3 Å². The summed E-state index contributed by atoms with van der Waals surface area (Å²) in [5.74, 6) is -0.0810. The second kappa shape index (κ2) is 4.94. The van der Waals surface area contributed by atoms with E-state index in [-0.39, 0.29) is 11.8 Å². The number of nitrogens with zero attached hydrogens (tertiary/aromatic N) is 2. The van der Waals surface area contributed by atoms with Gasteiger partial charge < -0.3 is 9.47 Å². The number of aromatic nitrogens is 2. The predicted molar refractivity (Wildman–Crippen MR) is 75.6 cm³/mol. The number of hydrogen-bond donors (Lipinski definition) is 2. The van der Waals surface area contributed by atoms with Crippen LogP contribution in [0, 0.1) is 29.6 Å². The number of hydrogen-bond acceptors (Lipinski definition) is 5. The summed E-state index contributed by atoms with van der Waals surface area (Å²) in [4.78, 5) is 0. The minimum absolute atomic E-state index is 0.0904. The molecule has 0 aliphatic carbocycles. The quantitative estimate of drug-likeness (QED) is 0.884. The van der Waals surface area contributed by atoms with Gasteiger partial charge >= 0.3 is 0 Å². The van der Waals surface area contributed by atoms with Gasteiger partial charge in [0.25, 0.3) is 0 Å². The number of para-hydroxylation sites is 1. The third-order valence-corrected chi connectivity index (χ3v) is 3.71. The zero-order chi connectivity index (χ0) is 15.0. The Hall–Kier alpha value is -2.81. The monoisotopic (exact) mass is 282 g/mol. The van der Waals surface area contributed by atoms with Crippen molar-refractivity contribution in [1.82, 2.24) is 10.2 Å². The van der Waals surface area contributed by atoms with Crippen LogP contribution in [0.2, 0.25) is 0 Å². The Morgan fingerprint density at radius 2 is 2.19 bits per heavy atom. The van der Waals surface area contributed by atoms with Gasteiger partial charge in [0.1, 0.15) is 11.7 Å². The smallest absolute Gasteiger partial charge is 0.243 e. The lowest BCUT2D eigenvalue weighted by Crippen LogP contribution is -2.31. The largest absolute Gasteiger partial charge is 0.496 e. The summed E-state index contributed by atoms with van der Waals surface area (Å²) in [6, 6.07) is 9.68. The van der Waals surface area contributed by atoms with Gasteiger partial charge in [-0.05, 0) is 13.0 Å². The van der Waals surface area contributed by atoms with Crippen molar-refractivity contribution in [2.24, 2.45) is 5.92 Å². The van der Waals surface area contributed by atoms with E-state index in [9.17, 15) is 5.26 Å². The highest BCUT2D eigenvalue weighted by Gasteiger charge is 2.40. The first-order chi connectivity index (χ1) is 10.2. The molecule has 2 unspecified atom stereocenters. The normalized spacial score (nSPS) is 20.3. The molecule has 3 rings (SSSR count). The van der Waals surface area contributed by atoms with E-state index >= 15 is 0 Å². The molecule has 0 saturated carbocycles. The number of H-pyrrole nitrogens is 1. The molecule has 0 spiro atoms. The number of nitriles is 1. The molecule has 0 saturated heterocycles. The van der Waals surface area contributed by atoms with Crippen molar-refractivity contribution in [2.75, 3.05) is 7.11 Å². The lowest BCUT2D eigenvalue weighted by atomic mass is 9.79. The molecule has 1 aromatic carbocycles. The van der Waals surface area contributed by atoms with Gasteiger partial charge in [-0.1, -0.05) is 18.2 Å². The molecule has 1 aromatic heterocycles. The fourth-order valence-electron chi connectivity index (χ4n) is 2.74. The lowest BCUT2D eigenvalue weighted by Gasteiger charge is -2.28. The Labute approximate surface area is 121 Å². The molecule has 6 heteroatoms. The SMILES string of the molecule is COc1ccccc1C1c2c(n[nH]c2C)OC(=N)C1C#N. The highest BCUT2D eigenvalue weighted by molar-refractivity contribution is 5.85. The number of aromatic amines is 1. The zero-order valence-corrected chi connectivity index (χ0v) is 11.7. The molecule has 106 valence electrons. The van der Waals surface area contributed by atoms with E-state index in [0.717, 1.165) is 16.8 Å². The maximum absolute atomic E-state index is 9.47. The fraction of sp³-hybridized carbons (Fsp3) is 0.267. The Kier molecular flexibility index (Phi) is 3.10. The van der Waals surface area contributed by atoms with Crippen molar-refractivity contribution in [1.29, 1.82) is 10.7 Å². The van der Waals surface area contributed by atoms with Crippen molar-refractivity contribution in [2.45, 2.75) is 12.8 Å². The molecule has 2 aromatic rings. The molecule has 2 atom stereocenters. The summed E-state index contributed by atoms with van der Waals surface area (Å²) in [6.07, 6.45) is 0. The molecule has 1 aliphatic rings. The number of nitrogens with one attached hydrogen (secondary N) is 2. The number of fused-ring (bicyclic) bond motifs is 1. The third kappa shape index (κ3) is 1.94. The number of aryl methyl sites for hydroxylation is 1. The van der Waals surface area contributed by atoms with Crippen molar-refractivity contribution < 1.29 is 9.47 Å². The molecule has 0 fully saturated rings. The number of methoxy groups -OCH3 is 1. The summed E-state index contributed by atoms with van der Waals surface area (Å²) in [5.41, 5.74) is 2.49. The van der Waals surface area contributed by atoms with Gasteiger partial charge in [0.05, 0.1) is 13.2 Å². The number of rotatable bonds is 2. The van der Waals surface area contributed by atoms with Crippen LogP contribution in [-0.4, -0.2) is 23.2 Å². The standard InChI is InChI=1S/C15H14N4O2/c1-8-12-13(9-5-3-4-6-11(9)20-2)10(7-16)14(17)21-15(12)19-18-8/h3-6,10,13,17H,1-2H3,(H,18,19).